The van der Waals surface area contributed by atoms with E-state index in [1.807, 2.05) is 0 Å². The monoisotopic (exact) mass is 316 g/mol. The number of hydrogen-bond acceptors (Lipinski definition) is 6. The summed E-state index contributed by atoms with van der Waals surface area (Å²) >= 11 is 0. The molecule has 1 atom stereocenters. The molecule has 1 heterocycles. The number of carbonyl (C=O) groups is 1. The topological polar surface area (TPSA) is 111 Å². The van der Waals surface area contributed by atoms with Crippen LogP contribution in [0.5, 0.6) is 17.2 Å². The molecule has 0 saturated heterocycles. The lowest BCUT2D eigenvalue weighted by Gasteiger charge is -2.25. The number of nitrogens with zero attached hydrogens (tertiary/aromatic N) is 1. The Hall–Kier alpha value is -3.29. The van der Waals surface area contributed by atoms with Gasteiger partial charge in [0.1, 0.15) is 12.4 Å². The lowest BCUT2D eigenvalue weighted by molar-refractivity contribution is -0.384. The number of rotatable bonds is 3. The summed E-state index contributed by atoms with van der Waals surface area (Å²) in [4.78, 5) is 22.2. The van der Waals surface area contributed by atoms with E-state index in [2.05, 4.69) is 5.32 Å². The third kappa shape index (κ3) is 3.00. The molecule has 1 aliphatic rings. The van der Waals surface area contributed by atoms with Gasteiger partial charge in [-0.25, -0.2) is 0 Å². The molecule has 1 unspecified atom stereocenters. The molecule has 0 spiro atoms. The van der Waals surface area contributed by atoms with Crippen LogP contribution < -0.4 is 14.8 Å². The smallest absolute Gasteiger partial charge is 0.273 e. The Bertz CT molecular complexity index is 776. The molecule has 0 aliphatic carbocycles. The third-order valence-corrected chi connectivity index (χ3v) is 3.25. The molecule has 2 N–H and O–H groups in total. The van der Waals surface area contributed by atoms with Crippen molar-refractivity contribution in [3.63, 3.8) is 0 Å². The minimum atomic E-state index is -0.889. The number of non-ortho nitro benzene ring substituents is 1. The largest absolute Gasteiger partial charge is 0.506 e. The Morgan fingerprint density at radius 3 is 2.70 bits per heavy atom. The van der Waals surface area contributed by atoms with Crippen LogP contribution in [0.15, 0.2) is 42.5 Å². The second-order valence-corrected chi connectivity index (χ2v) is 4.81. The summed E-state index contributed by atoms with van der Waals surface area (Å²) < 4.78 is 11.0. The van der Waals surface area contributed by atoms with E-state index in [0.29, 0.717) is 11.5 Å². The number of aromatic hydroxyl groups is 1. The first-order valence-corrected chi connectivity index (χ1v) is 6.71. The van der Waals surface area contributed by atoms with Crippen molar-refractivity contribution in [1.29, 1.82) is 0 Å². The van der Waals surface area contributed by atoms with Crippen molar-refractivity contribution in [3.05, 3.63) is 52.6 Å². The molecule has 2 aromatic carbocycles. The fraction of sp³-hybridized carbons (Fsp3) is 0.133. The van der Waals surface area contributed by atoms with Gasteiger partial charge in [-0.15, -0.1) is 0 Å². The first-order valence-electron chi connectivity index (χ1n) is 6.71. The number of phenols is 1. The van der Waals surface area contributed by atoms with Crippen LogP contribution in [0, 0.1) is 10.1 Å². The van der Waals surface area contributed by atoms with Gasteiger partial charge in [0.25, 0.3) is 11.6 Å². The molecule has 8 nitrogen and oxygen atoms in total. The zero-order valence-electron chi connectivity index (χ0n) is 11.8. The first-order chi connectivity index (χ1) is 11.0. The van der Waals surface area contributed by atoms with Gasteiger partial charge in [0.05, 0.1) is 16.7 Å². The lowest BCUT2D eigenvalue weighted by atomic mass is 10.2. The summed E-state index contributed by atoms with van der Waals surface area (Å²) in [5, 5.41) is 22.8. The number of fused-ring (bicyclic) bond motifs is 1. The third-order valence-electron chi connectivity index (χ3n) is 3.25. The fourth-order valence-corrected chi connectivity index (χ4v) is 2.10. The van der Waals surface area contributed by atoms with Gasteiger partial charge in [0.2, 0.25) is 6.10 Å². The predicted octanol–water partition coefficient (Wildman–Crippen LogP) is 2.08. The Labute approximate surface area is 130 Å². The maximum absolute atomic E-state index is 12.2. The Kier molecular flexibility index (Phi) is 3.71. The fourth-order valence-electron chi connectivity index (χ4n) is 2.10. The normalized spacial score (nSPS) is 15.7. The zero-order valence-corrected chi connectivity index (χ0v) is 11.8. The summed E-state index contributed by atoms with van der Waals surface area (Å²) in [6.07, 6.45) is -0.889. The molecule has 23 heavy (non-hydrogen) atoms. The second-order valence-electron chi connectivity index (χ2n) is 4.81. The van der Waals surface area contributed by atoms with Crippen LogP contribution in [-0.4, -0.2) is 28.6 Å². The van der Waals surface area contributed by atoms with Gasteiger partial charge in [-0.05, 0) is 18.2 Å². The minimum Gasteiger partial charge on any atom is -0.506 e. The Balaban J connectivity index is 1.72. The Morgan fingerprint density at radius 2 is 2.00 bits per heavy atom. The highest BCUT2D eigenvalue weighted by Gasteiger charge is 2.28. The number of nitrogens with one attached hydrogen (secondary N) is 1. The first kappa shape index (κ1) is 14.6. The highest BCUT2D eigenvalue weighted by Crippen LogP contribution is 2.32. The summed E-state index contributed by atoms with van der Waals surface area (Å²) in [5.74, 6) is 0.0786. The number of para-hydroxylation sites is 2. The van der Waals surface area contributed by atoms with Gasteiger partial charge in [-0.2, -0.15) is 0 Å². The summed E-state index contributed by atoms with van der Waals surface area (Å²) in [6, 6.07) is 10.3. The number of benzene rings is 2. The number of carbonyl (C=O) groups excluding carboxylic acids is 1. The molecular weight excluding hydrogens is 304 g/mol. The van der Waals surface area contributed by atoms with Crippen molar-refractivity contribution in [2.45, 2.75) is 6.10 Å². The molecule has 1 amide bonds. The highest BCUT2D eigenvalue weighted by atomic mass is 16.6. The highest BCUT2D eigenvalue weighted by molar-refractivity contribution is 5.96. The van der Waals surface area contributed by atoms with Crippen LogP contribution in [0.3, 0.4) is 0 Å². The molecule has 8 heteroatoms. The summed E-state index contributed by atoms with van der Waals surface area (Å²) in [5.41, 5.74) is -0.213. The van der Waals surface area contributed by atoms with E-state index >= 15 is 0 Å². The number of amides is 1. The zero-order chi connectivity index (χ0) is 16.4. The van der Waals surface area contributed by atoms with Gasteiger partial charge >= 0.3 is 0 Å². The van der Waals surface area contributed by atoms with Crippen LogP contribution >= 0.6 is 0 Å². The standard InChI is InChI=1S/C15H12N2O6/c18-11-7-9(17(20)21)5-6-10(11)16-15(19)14-8-22-12-3-1-2-4-13(12)23-14/h1-7,14,18H,8H2,(H,16,19). The van der Waals surface area contributed by atoms with Gasteiger partial charge < -0.3 is 19.9 Å². The molecule has 0 bridgehead atoms. The van der Waals surface area contributed by atoms with Crippen molar-refractivity contribution in [2.24, 2.45) is 0 Å². The minimum absolute atomic E-state index is 0.0244. The summed E-state index contributed by atoms with van der Waals surface area (Å²) in [7, 11) is 0. The number of nitro benzene ring substituents is 1. The second kappa shape index (κ2) is 5.84. The summed E-state index contributed by atoms with van der Waals surface area (Å²) in [6.45, 7) is 0.0244. The van der Waals surface area contributed by atoms with E-state index in [1.165, 1.54) is 12.1 Å². The molecule has 0 aromatic heterocycles. The van der Waals surface area contributed by atoms with E-state index < -0.39 is 22.7 Å². The van der Waals surface area contributed by atoms with E-state index in [0.717, 1.165) is 6.07 Å². The van der Waals surface area contributed by atoms with Crippen molar-refractivity contribution in [1.82, 2.24) is 0 Å². The van der Waals surface area contributed by atoms with Gasteiger partial charge in [-0.3, -0.25) is 14.9 Å². The molecular formula is C15H12N2O6. The van der Waals surface area contributed by atoms with E-state index in [4.69, 9.17) is 9.47 Å². The van der Waals surface area contributed by atoms with Crippen LogP contribution in [0.2, 0.25) is 0 Å². The van der Waals surface area contributed by atoms with Crippen LogP contribution in [0.25, 0.3) is 0 Å². The molecule has 0 saturated carbocycles. The molecule has 3 rings (SSSR count). The van der Waals surface area contributed by atoms with Gasteiger partial charge in [0.15, 0.2) is 11.5 Å². The maximum Gasteiger partial charge on any atom is 0.273 e. The van der Waals surface area contributed by atoms with Crippen molar-refractivity contribution >= 4 is 17.3 Å². The number of ether oxygens (including phenoxy) is 2. The average Bonchev–Trinajstić information content (AvgIpc) is 2.56. The molecule has 0 radical (unpaired) electrons. The SMILES string of the molecule is O=C(Nc1ccc([N+](=O)[O-])cc1O)C1COc2ccccc2O1. The van der Waals surface area contributed by atoms with E-state index in [1.54, 1.807) is 24.3 Å². The quantitative estimate of drug-likeness (QED) is 0.509. The number of hydrogen-bond donors (Lipinski definition) is 2. The van der Waals surface area contributed by atoms with Crippen molar-refractivity contribution in [2.75, 3.05) is 11.9 Å². The number of anilines is 1. The van der Waals surface area contributed by atoms with Crippen molar-refractivity contribution < 1.29 is 24.3 Å². The molecule has 0 fully saturated rings. The predicted molar refractivity (Wildman–Crippen MR) is 79.7 cm³/mol. The van der Waals surface area contributed by atoms with Gasteiger partial charge in [-0.1, -0.05) is 12.1 Å². The van der Waals surface area contributed by atoms with Gasteiger partial charge in [0, 0.05) is 6.07 Å². The van der Waals surface area contributed by atoms with Crippen LogP contribution in [0.1, 0.15) is 0 Å². The molecule has 2 aromatic rings. The van der Waals surface area contributed by atoms with E-state index in [9.17, 15) is 20.0 Å². The number of nitro groups is 1. The Morgan fingerprint density at radius 1 is 1.26 bits per heavy atom. The lowest BCUT2D eigenvalue weighted by Crippen LogP contribution is -2.40. The van der Waals surface area contributed by atoms with Crippen LogP contribution in [-0.2, 0) is 4.79 Å². The van der Waals surface area contributed by atoms with E-state index in [-0.39, 0.29) is 18.0 Å². The average molecular weight is 316 g/mol. The van der Waals surface area contributed by atoms with Crippen LogP contribution in [0.4, 0.5) is 11.4 Å². The molecule has 1 aliphatic heterocycles. The maximum atomic E-state index is 12.2. The van der Waals surface area contributed by atoms with Crippen molar-refractivity contribution in [3.8, 4) is 17.2 Å². The molecule has 118 valence electrons. The number of phenolic OH excluding ortho intramolecular Hbond substituents is 1.